The van der Waals surface area contributed by atoms with Gasteiger partial charge >= 0.3 is 0 Å². The molecule has 0 amide bonds. The van der Waals surface area contributed by atoms with Crippen LogP contribution in [-0.4, -0.2) is 42.8 Å². The number of alkyl halides is 2. The Kier molecular flexibility index (Phi) is 9.39. The Morgan fingerprint density at radius 2 is 1.28 bits per heavy atom. The summed E-state index contributed by atoms with van der Waals surface area (Å²) in [6.45, 7) is 5.06. The van der Waals surface area contributed by atoms with Gasteiger partial charge in [0.1, 0.15) is 17.3 Å². The summed E-state index contributed by atoms with van der Waals surface area (Å²) in [6.07, 6.45) is 11.2. The second-order valence-electron chi connectivity index (χ2n) is 15.9. The van der Waals surface area contributed by atoms with E-state index in [-0.39, 0.29) is 9.75 Å². The van der Waals surface area contributed by atoms with Gasteiger partial charge in [0.25, 0.3) is 5.79 Å². The number of hydrogen-bond acceptors (Lipinski definition) is 6. The van der Waals surface area contributed by atoms with Crippen LogP contribution in [-0.2, 0) is 25.0 Å². The molecule has 272 valence electrons. The third-order valence-electron chi connectivity index (χ3n) is 13.0. The van der Waals surface area contributed by atoms with Crippen molar-refractivity contribution in [3.8, 4) is 11.5 Å². The molecule has 8 bridgehead atoms. The van der Waals surface area contributed by atoms with Crippen LogP contribution in [0.3, 0.4) is 0 Å². The molecule has 11 rings (SSSR count). The second kappa shape index (κ2) is 13.2. The predicted octanol–water partition coefficient (Wildman–Crippen LogP) is 11.0. The standard InChI is InChI=1S/C20H24Cl2O4.C20H24Cl2O2/c1-3-24-17-8-13(4-5-16(17)21)20(23-2)19(25-26-20)14-6-12-7-15(19)11-18(22,9-12)10-14;1-3-24-17-8-13(4-5-16(17)21)19(23-2)18-14-6-12-7-15(18)11-20(22,9-12)10-14/h4-5,8,12,14-15H,3,6-7,9-11H2,1-2H3;4-5,8,12,14-15H,3,6-7,9-11H2,1-2H3. The Labute approximate surface area is 316 Å². The molecular weight excluding hydrogens is 718 g/mol. The first-order valence-corrected chi connectivity index (χ1v) is 19.9. The smallest absolute Gasteiger partial charge is 0.260 e. The molecule has 1 heterocycles. The maximum Gasteiger partial charge on any atom is 0.260 e. The summed E-state index contributed by atoms with van der Waals surface area (Å²) in [5, 5.41) is 1.23. The Hall–Kier alpha value is -1.38. The fourth-order valence-electron chi connectivity index (χ4n) is 11.7. The monoisotopic (exact) mass is 764 g/mol. The molecule has 0 aromatic heterocycles. The van der Waals surface area contributed by atoms with Crippen LogP contribution in [0.15, 0.2) is 42.0 Å². The van der Waals surface area contributed by atoms with Crippen molar-refractivity contribution >= 4 is 52.2 Å². The number of methoxy groups -OCH3 is 2. The Bertz CT molecular complexity index is 1620. The van der Waals surface area contributed by atoms with E-state index in [4.69, 9.17) is 75.1 Å². The fraction of sp³-hybridized carbons (Fsp3) is 0.650. The van der Waals surface area contributed by atoms with Gasteiger partial charge in [-0.15, -0.1) is 23.2 Å². The van der Waals surface area contributed by atoms with Gasteiger partial charge in [0.05, 0.1) is 30.4 Å². The van der Waals surface area contributed by atoms with Crippen LogP contribution < -0.4 is 9.47 Å². The highest BCUT2D eigenvalue weighted by molar-refractivity contribution is 6.32. The second-order valence-corrected chi connectivity index (χ2v) is 18.3. The van der Waals surface area contributed by atoms with Crippen molar-refractivity contribution in [3.05, 3.63) is 63.1 Å². The SMILES string of the molecule is CCOc1cc(C(OC)=C2C3CC4CC2CC(Cl)(C4)C3)ccc1Cl.CCOc1cc(C2(OC)OOC23C2CC4CC3CC(Cl)(C4)C2)ccc1Cl. The van der Waals surface area contributed by atoms with Gasteiger partial charge in [-0.25, -0.2) is 4.89 Å². The molecule has 9 fully saturated rings. The lowest BCUT2D eigenvalue weighted by molar-refractivity contribution is -0.645. The lowest BCUT2D eigenvalue weighted by Gasteiger charge is -2.70. The third-order valence-corrected chi connectivity index (χ3v) is 14.5. The number of rotatable bonds is 8. The maximum atomic E-state index is 6.93. The van der Waals surface area contributed by atoms with E-state index < -0.39 is 11.4 Å². The van der Waals surface area contributed by atoms with E-state index in [0.29, 0.717) is 58.6 Å². The molecule has 1 spiro atoms. The highest BCUT2D eigenvalue weighted by atomic mass is 35.5. The van der Waals surface area contributed by atoms with Crippen LogP contribution in [0.5, 0.6) is 11.5 Å². The zero-order valence-corrected chi connectivity index (χ0v) is 32.4. The molecule has 8 aliphatic carbocycles. The maximum absolute atomic E-state index is 6.93. The summed E-state index contributed by atoms with van der Waals surface area (Å²) < 4.78 is 23.3. The Morgan fingerprint density at radius 3 is 1.78 bits per heavy atom. The molecular formula is C40H48Cl4O6. The number of allylic oxidation sites excluding steroid dienone is 1. The minimum atomic E-state index is -0.931. The lowest BCUT2D eigenvalue weighted by atomic mass is 9.46. The minimum absolute atomic E-state index is 0.0370. The number of halogens is 4. The first kappa shape index (κ1) is 35.6. The van der Waals surface area contributed by atoms with Crippen LogP contribution >= 0.6 is 46.4 Å². The average Bonchev–Trinajstić information content (AvgIpc) is 3.04. The van der Waals surface area contributed by atoms with Crippen molar-refractivity contribution in [2.75, 3.05) is 27.4 Å². The lowest BCUT2D eigenvalue weighted by Crippen LogP contribution is -2.78. The highest BCUT2D eigenvalue weighted by Gasteiger charge is 2.78. The van der Waals surface area contributed by atoms with E-state index in [2.05, 4.69) is 0 Å². The quantitative estimate of drug-likeness (QED) is 0.152. The molecule has 0 radical (unpaired) electrons. The van der Waals surface area contributed by atoms with Crippen LogP contribution in [0, 0.1) is 35.5 Å². The average molecular weight is 767 g/mol. The van der Waals surface area contributed by atoms with E-state index in [1.807, 2.05) is 50.2 Å². The van der Waals surface area contributed by atoms with E-state index in [0.717, 1.165) is 73.5 Å². The topological polar surface area (TPSA) is 55.4 Å². The summed E-state index contributed by atoms with van der Waals surface area (Å²) in [7, 11) is 3.47. The van der Waals surface area contributed by atoms with Crippen LogP contribution in [0.4, 0.5) is 0 Å². The van der Waals surface area contributed by atoms with Crippen molar-refractivity contribution in [1.82, 2.24) is 0 Å². The van der Waals surface area contributed by atoms with Gasteiger partial charge in [0, 0.05) is 28.0 Å². The molecule has 2 aromatic carbocycles. The summed E-state index contributed by atoms with van der Waals surface area (Å²) in [5.74, 6) is 4.75. The number of ether oxygens (including phenoxy) is 4. The van der Waals surface area contributed by atoms with E-state index in [1.54, 1.807) is 14.2 Å². The van der Waals surface area contributed by atoms with Crippen LogP contribution in [0.1, 0.15) is 89.2 Å². The molecule has 9 aliphatic rings. The Balaban J connectivity index is 0.000000145. The molecule has 8 saturated carbocycles. The molecule has 6 nitrogen and oxygen atoms in total. The highest BCUT2D eigenvalue weighted by Crippen LogP contribution is 2.71. The summed E-state index contributed by atoms with van der Waals surface area (Å²) in [5.41, 5.74) is 2.97. The Morgan fingerprint density at radius 1 is 0.720 bits per heavy atom. The van der Waals surface area contributed by atoms with E-state index in [1.165, 1.54) is 24.8 Å². The van der Waals surface area contributed by atoms with Gasteiger partial charge in [0.2, 0.25) is 0 Å². The summed E-state index contributed by atoms with van der Waals surface area (Å²) in [6, 6.07) is 11.7. The zero-order chi connectivity index (χ0) is 35.1. The first-order valence-electron chi connectivity index (χ1n) is 18.4. The van der Waals surface area contributed by atoms with Crippen molar-refractivity contribution in [2.45, 2.75) is 99.2 Å². The van der Waals surface area contributed by atoms with E-state index in [9.17, 15) is 0 Å². The van der Waals surface area contributed by atoms with Gasteiger partial charge in [0.15, 0.2) is 5.60 Å². The summed E-state index contributed by atoms with van der Waals surface area (Å²) in [4.78, 5) is 11.7. The van der Waals surface area contributed by atoms with Gasteiger partial charge in [-0.05, 0) is 149 Å². The molecule has 2 aromatic rings. The minimum Gasteiger partial charge on any atom is -0.496 e. The molecule has 5 unspecified atom stereocenters. The van der Waals surface area contributed by atoms with Crippen molar-refractivity contribution in [3.63, 3.8) is 0 Å². The number of benzene rings is 2. The molecule has 1 saturated heterocycles. The zero-order valence-electron chi connectivity index (χ0n) is 29.4. The predicted molar refractivity (Wildman–Crippen MR) is 197 cm³/mol. The third kappa shape index (κ3) is 5.60. The number of hydrogen-bond donors (Lipinski definition) is 0. The van der Waals surface area contributed by atoms with Crippen molar-refractivity contribution in [2.24, 2.45) is 35.5 Å². The van der Waals surface area contributed by atoms with Gasteiger partial charge in [-0.2, -0.15) is 4.89 Å². The summed E-state index contributed by atoms with van der Waals surface area (Å²) >= 11 is 26.3. The molecule has 5 atom stereocenters. The largest absolute Gasteiger partial charge is 0.496 e. The molecule has 10 heteroatoms. The van der Waals surface area contributed by atoms with Crippen LogP contribution in [0.25, 0.3) is 5.76 Å². The molecule has 50 heavy (non-hydrogen) atoms. The first-order chi connectivity index (χ1) is 24.0. The van der Waals surface area contributed by atoms with Gasteiger partial charge < -0.3 is 18.9 Å². The van der Waals surface area contributed by atoms with Gasteiger partial charge in [-0.3, -0.25) is 0 Å². The van der Waals surface area contributed by atoms with Crippen LogP contribution in [0.2, 0.25) is 10.0 Å². The van der Waals surface area contributed by atoms with E-state index >= 15 is 0 Å². The fourth-order valence-corrected chi connectivity index (χ4v) is 13.2. The normalized spacial score (nSPS) is 40.0. The van der Waals surface area contributed by atoms with Gasteiger partial charge in [-0.1, -0.05) is 29.3 Å². The molecule has 0 N–H and O–H groups in total. The van der Waals surface area contributed by atoms with Crippen molar-refractivity contribution < 1.29 is 28.7 Å². The van der Waals surface area contributed by atoms with Crippen molar-refractivity contribution in [1.29, 1.82) is 0 Å². The molecule has 1 aliphatic heterocycles.